The molecule has 2 unspecified atom stereocenters. The third-order valence-corrected chi connectivity index (χ3v) is 7.06. The molecule has 0 aromatic heterocycles. The SMILES string of the molecule is C=C(C)C(=O)c1ccc(-c2ccc(OC(=O)c3ccc(-c4ccc(OCC(C)OC(=O)C(C)CC)cc4)cc3)cc2)cc1. The highest BCUT2D eigenvalue weighted by atomic mass is 16.6. The number of hydrogen-bond acceptors (Lipinski definition) is 6. The minimum absolute atomic E-state index is 0.0750. The average molecular weight is 577 g/mol. The number of esters is 2. The zero-order chi connectivity index (χ0) is 30.9. The average Bonchev–Trinajstić information content (AvgIpc) is 3.03. The maximum Gasteiger partial charge on any atom is 0.343 e. The van der Waals surface area contributed by atoms with Gasteiger partial charge in [0.2, 0.25) is 0 Å². The zero-order valence-corrected chi connectivity index (χ0v) is 25.0. The van der Waals surface area contributed by atoms with E-state index in [1.165, 1.54) is 0 Å². The lowest BCUT2D eigenvalue weighted by Gasteiger charge is -2.16. The van der Waals surface area contributed by atoms with E-state index in [1.807, 2.05) is 81.4 Å². The maximum absolute atomic E-state index is 12.8. The second-order valence-electron chi connectivity index (χ2n) is 10.6. The zero-order valence-electron chi connectivity index (χ0n) is 25.0. The van der Waals surface area contributed by atoms with Crippen LogP contribution in [0.5, 0.6) is 11.5 Å². The van der Waals surface area contributed by atoms with Crippen molar-refractivity contribution in [1.82, 2.24) is 0 Å². The van der Waals surface area contributed by atoms with Gasteiger partial charge in [0.05, 0.1) is 11.5 Å². The van der Waals surface area contributed by atoms with Crippen LogP contribution in [-0.4, -0.2) is 30.4 Å². The number of ether oxygens (including phenoxy) is 3. The third-order valence-electron chi connectivity index (χ3n) is 7.06. The fraction of sp³-hybridized carbons (Fsp3) is 0.216. The lowest BCUT2D eigenvalue weighted by atomic mass is 10.0. The van der Waals surface area contributed by atoms with Crippen LogP contribution < -0.4 is 9.47 Å². The quantitative estimate of drug-likeness (QED) is 0.0730. The standard InChI is InChI=1S/C37H36O6/c1-6-25(4)36(39)42-26(5)23-41-33-19-15-29(16-20-33)28-9-13-32(14-10-28)37(40)43-34-21-17-30(18-22-34)27-7-11-31(12-8-27)35(38)24(2)3/h7-22,25-26H,2,6,23H2,1,3-5H3. The highest BCUT2D eigenvalue weighted by Gasteiger charge is 2.16. The highest BCUT2D eigenvalue weighted by Crippen LogP contribution is 2.26. The summed E-state index contributed by atoms with van der Waals surface area (Å²) < 4.78 is 16.8. The van der Waals surface area contributed by atoms with Gasteiger partial charge in [-0.25, -0.2) is 4.79 Å². The summed E-state index contributed by atoms with van der Waals surface area (Å²) in [5.41, 5.74) is 5.33. The molecule has 0 aliphatic carbocycles. The minimum atomic E-state index is -0.450. The first-order chi connectivity index (χ1) is 20.6. The van der Waals surface area contributed by atoms with Crippen molar-refractivity contribution in [2.45, 2.75) is 40.2 Å². The number of benzene rings is 4. The van der Waals surface area contributed by atoms with Gasteiger partial charge in [0.15, 0.2) is 5.78 Å². The molecule has 43 heavy (non-hydrogen) atoms. The summed E-state index contributed by atoms with van der Waals surface area (Å²) in [5, 5.41) is 0. The second-order valence-corrected chi connectivity index (χ2v) is 10.6. The fourth-order valence-corrected chi connectivity index (χ4v) is 4.21. The molecule has 4 aromatic carbocycles. The Morgan fingerprint density at radius 3 is 1.58 bits per heavy atom. The predicted octanol–water partition coefficient (Wildman–Crippen LogP) is 8.36. The van der Waals surface area contributed by atoms with E-state index in [2.05, 4.69) is 6.58 Å². The van der Waals surface area contributed by atoms with Crippen molar-refractivity contribution < 1.29 is 28.6 Å². The van der Waals surface area contributed by atoms with Crippen molar-refractivity contribution in [3.63, 3.8) is 0 Å². The van der Waals surface area contributed by atoms with Crippen molar-refractivity contribution >= 4 is 17.7 Å². The highest BCUT2D eigenvalue weighted by molar-refractivity contribution is 6.08. The maximum atomic E-state index is 12.8. The van der Waals surface area contributed by atoms with Crippen molar-refractivity contribution in [2.75, 3.05) is 6.61 Å². The number of carbonyl (C=O) groups excluding carboxylic acids is 3. The van der Waals surface area contributed by atoms with E-state index >= 15 is 0 Å². The van der Waals surface area contributed by atoms with Gasteiger partial charge in [-0.1, -0.05) is 81.1 Å². The Hall–Kier alpha value is -4.97. The monoisotopic (exact) mass is 576 g/mol. The summed E-state index contributed by atoms with van der Waals surface area (Å²) in [6, 6.07) is 29.4. The topological polar surface area (TPSA) is 78.9 Å². The number of allylic oxidation sites excluding steroid dienone is 1. The van der Waals surface area contributed by atoms with E-state index in [4.69, 9.17) is 14.2 Å². The first-order valence-electron chi connectivity index (χ1n) is 14.3. The van der Waals surface area contributed by atoms with Gasteiger partial charge in [0.25, 0.3) is 0 Å². The summed E-state index contributed by atoms with van der Waals surface area (Å²) in [4.78, 5) is 36.8. The van der Waals surface area contributed by atoms with Crippen LogP contribution in [-0.2, 0) is 9.53 Å². The van der Waals surface area contributed by atoms with Crippen LogP contribution in [0.2, 0.25) is 0 Å². The Balaban J connectivity index is 1.30. The van der Waals surface area contributed by atoms with Gasteiger partial charge in [0, 0.05) is 5.56 Å². The third kappa shape index (κ3) is 8.29. The lowest BCUT2D eigenvalue weighted by molar-refractivity contribution is -0.154. The van der Waals surface area contributed by atoms with Crippen LogP contribution in [0.25, 0.3) is 22.3 Å². The van der Waals surface area contributed by atoms with Crippen LogP contribution in [0, 0.1) is 5.92 Å². The van der Waals surface area contributed by atoms with E-state index in [9.17, 15) is 14.4 Å². The molecule has 0 fully saturated rings. The molecule has 6 heteroatoms. The van der Waals surface area contributed by atoms with E-state index < -0.39 is 5.97 Å². The van der Waals surface area contributed by atoms with Gasteiger partial charge >= 0.3 is 11.9 Å². The van der Waals surface area contributed by atoms with Crippen LogP contribution in [0.4, 0.5) is 0 Å². The number of carbonyl (C=O) groups is 3. The van der Waals surface area contributed by atoms with Crippen molar-refractivity contribution in [3.05, 3.63) is 120 Å². The molecule has 6 nitrogen and oxygen atoms in total. The van der Waals surface area contributed by atoms with E-state index in [1.54, 1.807) is 43.3 Å². The molecule has 0 aliphatic rings. The van der Waals surface area contributed by atoms with Crippen LogP contribution >= 0.6 is 0 Å². The molecule has 220 valence electrons. The molecule has 0 saturated carbocycles. The Morgan fingerprint density at radius 2 is 1.12 bits per heavy atom. The molecule has 0 amide bonds. The van der Waals surface area contributed by atoms with Crippen molar-refractivity contribution in [1.29, 1.82) is 0 Å². The second kappa shape index (κ2) is 14.3. The molecular formula is C37H36O6. The smallest absolute Gasteiger partial charge is 0.343 e. The molecule has 0 aliphatic heterocycles. The van der Waals surface area contributed by atoms with Crippen molar-refractivity contribution in [2.24, 2.45) is 5.92 Å². The molecule has 0 saturated heterocycles. The molecule has 2 atom stereocenters. The Morgan fingerprint density at radius 1 is 0.674 bits per heavy atom. The van der Waals surface area contributed by atoms with Gasteiger partial charge in [-0.05, 0) is 84.5 Å². The summed E-state index contributed by atoms with van der Waals surface area (Å²) in [6.07, 6.45) is 0.395. The molecule has 0 spiro atoms. The van der Waals surface area contributed by atoms with Gasteiger partial charge in [0.1, 0.15) is 24.2 Å². The normalized spacial score (nSPS) is 12.1. The van der Waals surface area contributed by atoms with E-state index in [0.29, 0.717) is 28.2 Å². The van der Waals surface area contributed by atoms with Gasteiger partial charge in [-0.15, -0.1) is 0 Å². The van der Waals surface area contributed by atoms with E-state index in [0.717, 1.165) is 28.7 Å². The van der Waals surface area contributed by atoms with Gasteiger partial charge < -0.3 is 14.2 Å². The summed E-state index contributed by atoms with van der Waals surface area (Å²) >= 11 is 0. The molecule has 0 heterocycles. The largest absolute Gasteiger partial charge is 0.490 e. The summed E-state index contributed by atoms with van der Waals surface area (Å²) in [7, 11) is 0. The number of Topliss-reactive ketones (excluding diaryl/α,β-unsaturated/α-hetero) is 1. The fourth-order valence-electron chi connectivity index (χ4n) is 4.21. The molecule has 0 bridgehead atoms. The number of ketones is 1. The first-order valence-corrected chi connectivity index (χ1v) is 14.3. The molecular weight excluding hydrogens is 540 g/mol. The van der Waals surface area contributed by atoms with Crippen molar-refractivity contribution in [3.8, 4) is 33.8 Å². The van der Waals surface area contributed by atoms with Crippen LogP contribution in [0.15, 0.2) is 109 Å². The molecule has 4 rings (SSSR count). The first kappa shape index (κ1) is 31.0. The Kier molecular flexibility index (Phi) is 10.3. The van der Waals surface area contributed by atoms with E-state index in [-0.39, 0.29) is 30.4 Å². The summed E-state index contributed by atoms with van der Waals surface area (Å²) in [6.45, 7) is 11.3. The minimum Gasteiger partial charge on any atom is -0.490 e. The lowest BCUT2D eigenvalue weighted by Crippen LogP contribution is -2.25. The van der Waals surface area contributed by atoms with Crippen LogP contribution in [0.3, 0.4) is 0 Å². The predicted molar refractivity (Wildman–Crippen MR) is 168 cm³/mol. The molecule has 4 aromatic rings. The Labute approximate surface area is 252 Å². The number of rotatable bonds is 12. The number of hydrogen-bond donors (Lipinski definition) is 0. The molecule has 0 radical (unpaired) electrons. The van der Waals surface area contributed by atoms with Gasteiger partial charge in [-0.2, -0.15) is 0 Å². The van der Waals surface area contributed by atoms with Crippen LogP contribution in [0.1, 0.15) is 54.8 Å². The molecule has 0 N–H and O–H groups in total. The summed E-state index contributed by atoms with van der Waals surface area (Å²) in [5.74, 6) is 0.250. The van der Waals surface area contributed by atoms with Gasteiger partial charge in [-0.3, -0.25) is 9.59 Å². The Bertz CT molecular complexity index is 1570.